The standard InChI is InChI=1S/C14H18N6/c1-9-10(8-17-20-9)3-2-6-16-14-18-12-5-4-11(15)7-13(12)19-14/h4-5,7-8H,2-3,6,15H2,1H3,(H,17,20)(H2,16,18,19). The first-order chi connectivity index (χ1) is 9.72. The van der Waals surface area contributed by atoms with Crippen LogP contribution in [0.1, 0.15) is 17.7 Å². The lowest BCUT2D eigenvalue weighted by molar-refractivity contribution is 0.851. The average Bonchev–Trinajstić information content (AvgIpc) is 3.00. The number of H-pyrrole nitrogens is 2. The summed E-state index contributed by atoms with van der Waals surface area (Å²) in [6, 6.07) is 5.66. The molecule has 0 fully saturated rings. The molecule has 0 atom stereocenters. The summed E-state index contributed by atoms with van der Waals surface area (Å²) in [5.74, 6) is 0.787. The van der Waals surface area contributed by atoms with Crippen molar-refractivity contribution in [2.75, 3.05) is 17.6 Å². The van der Waals surface area contributed by atoms with Gasteiger partial charge in [-0.1, -0.05) is 0 Å². The van der Waals surface area contributed by atoms with Crippen LogP contribution in [0.25, 0.3) is 11.0 Å². The zero-order valence-electron chi connectivity index (χ0n) is 11.4. The van der Waals surface area contributed by atoms with Gasteiger partial charge in [-0.15, -0.1) is 0 Å². The highest BCUT2D eigenvalue weighted by Crippen LogP contribution is 2.17. The minimum atomic E-state index is 0.739. The number of aryl methyl sites for hydroxylation is 2. The zero-order chi connectivity index (χ0) is 13.9. The molecule has 0 bridgehead atoms. The van der Waals surface area contributed by atoms with E-state index in [9.17, 15) is 0 Å². The molecule has 3 rings (SSSR count). The topological polar surface area (TPSA) is 95.4 Å². The first-order valence-electron chi connectivity index (χ1n) is 6.70. The molecule has 2 aromatic heterocycles. The number of hydrogen-bond donors (Lipinski definition) is 4. The Morgan fingerprint density at radius 2 is 2.25 bits per heavy atom. The van der Waals surface area contributed by atoms with Crippen LogP contribution in [0.5, 0.6) is 0 Å². The number of nitrogens with zero attached hydrogens (tertiary/aromatic N) is 2. The summed E-state index contributed by atoms with van der Waals surface area (Å²) in [7, 11) is 0. The second-order valence-corrected chi connectivity index (χ2v) is 4.91. The van der Waals surface area contributed by atoms with Crippen LogP contribution in [0, 0.1) is 6.92 Å². The van der Waals surface area contributed by atoms with Crippen LogP contribution in [-0.2, 0) is 6.42 Å². The fourth-order valence-electron chi connectivity index (χ4n) is 2.22. The normalized spacial score (nSPS) is 11.1. The molecule has 20 heavy (non-hydrogen) atoms. The Hall–Kier alpha value is -2.50. The third-order valence-corrected chi connectivity index (χ3v) is 3.36. The van der Waals surface area contributed by atoms with Crippen molar-refractivity contribution in [1.82, 2.24) is 20.2 Å². The fraction of sp³-hybridized carbons (Fsp3) is 0.286. The van der Waals surface area contributed by atoms with Gasteiger partial charge in [0.15, 0.2) is 0 Å². The molecule has 0 unspecified atom stereocenters. The van der Waals surface area contributed by atoms with Gasteiger partial charge in [-0.3, -0.25) is 5.10 Å². The van der Waals surface area contributed by atoms with E-state index in [1.165, 1.54) is 5.56 Å². The molecule has 3 aromatic rings. The number of aromatic nitrogens is 4. The molecule has 1 aromatic carbocycles. The van der Waals surface area contributed by atoms with Crippen LogP contribution in [0.15, 0.2) is 24.4 Å². The Balaban J connectivity index is 1.56. The Labute approximate surface area is 116 Å². The number of aromatic amines is 2. The summed E-state index contributed by atoms with van der Waals surface area (Å²) in [4.78, 5) is 7.69. The van der Waals surface area contributed by atoms with Gasteiger partial charge < -0.3 is 16.0 Å². The van der Waals surface area contributed by atoms with Gasteiger partial charge >= 0.3 is 0 Å². The summed E-state index contributed by atoms with van der Waals surface area (Å²) in [5, 5.41) is 10.3. The van der Waals surface area contributed by atoms with Crippen molar-refractivity contribution in [3.63, 3.8) is 0 Å². The molecule has 0 spiro atoms. The van der Waals surface area contributed by atoms with E-state index in [0.29, 0.717) is 0 Å². The first kappa shape index (κ1) is 12.5. The Morgan fingerprint density at radius 1 is 1.35 bits per heavy atom. The summed E-state index contributed by atoms with van der Waals surface area (Å²) in [6.45, 7) is 2.90. The molecule has 104 valence electrons. The van der Waals surface area contributed by atoms with Crippen LogP contribution in [0.4, 0.5) is 11.6 Å². The molecule has 6 heteroatoms. The van der Waals surface area contributed by atoms with Crippen LogP contribution in [0.2, 0.25) is 0 Å². The van der Waals surface area contributed by atoms with Gasteiger partial charge in [0.1, 0.15) is 0 Å². The highest BCUT2D eigenvalue weighted by atomic mass is 15.1. The van der Waals surface area contributed by atoms with Crippen molar-refractivity contribution >= 4 is 22.7 Å². The van der Waals surface area contributed by atoms with E-state index >= 15 is 0 Å². The summed E-state index contributed by atoms with van der Waals surface area (Å²) < 4.78 is 0. The molecule has 0 saturated heterocycles. The molecular formula is C14H18N6. The van der Waals surface area contributed by atoms with E-state index in [0.717, 1.165) is 47.7 Å². The number of imidazole rings is 1. The maximum Gasteiger partial charge on any atom is 0.201 e. The summed E-state index contributed by atoms with van der Waals surface area (Å²) in [5.41, 5.74) is 10.8. The van der Waals surface area contributed by atoms with E-state index in [-0.39, 0.29) is 0 Å². The lowest BCUT2D eigenvalue weighted by atomic mass is 10.1. The van der Waals surface area contributed by atoms with Crippen molar-refractivity contribution in [3.8, 4) is 0 Å². The molecule has 0 saturated carbocycles. The summed E-state index contributed by atoms with van der Waals surface area (Å²) in [6.07, 6.45) is 3.92. The van der Waals surface area contributed by atoms with E-state index < -0.39 is 0 Å². The predicted octanol–water partition coefficient (Wildman–Crippen LogP) is 2.22. The van der Waals surface area contributed by atoms with Gasteiger partial charge in [-0.05, 0) is 43.5 Å². The third-order valence-electron chi connectivity index (χ3n) is 3.36. The Bertz CT molecular complexity index is 711. The minimum Gasteiger partial charge on any atom is -0.399 e. The van der Waals surface area contributed by atoms with E-state index in [1.807, 2.05) is 31.3 Å². The van der Waals surface area contributed by atoms with Crippen LogP contribution >= 0.6 is 0 Å². The molecule has 0 radical (unpaired) electrons. The largest absolute Gasteiger partial charge is 0.399 e. The molecule has 0 amide bonds. The van der Waals surface area contributed by atoms with Crippen LogP contribution in [0.3, 0.4) is 0 Å². The van der Waals surface area contributed by atoms with Gasteiger partial charge in [0, 0.05) is 17.9 Å². The zero-order valence-corrected chi connectivity index (χ0v) is 11.4. The van der Waals surface area contributed by atoms with Gasteiger partial charge in [0.2, 0.25) is 5.95 Å². The number of hydrogen-bond acceptors (Lipinski definition) is 4. The van der Waals surface area contributed by atoms with Gasteiger partial charge in [0.25, 0.3) is 0 Å². The lowest BCUT2D eigenvalue weighted by Gasteiger charge is -2.02. The quantitative estimate of drug-likeness (QED) is 0.422. The predicted molar refractivity (Wildman–Crippen MR) is 80.6 cm³/mol. The third kappa shape index (κ3) is 2.59. The van der Waals surface area contributed by atoms with Crippen molar-refractivity contribution in [3.05, 3.63) is 35.7 Å². The highest BCUT2D eigenvalue weighted by Gasteiger charge is 2.03. The molecular weight excluding hydrogens is 252 g/mol. The number of anilines is 2. The maximum absolute atomic E-state index is 5.75. The molecule has 5 N–H and O–H groups in total. The van der Waals surface area contributed by atoms with E-state index in [1.54, 1.807) is 0 Å². The molecule has 2 heterocycles. The van der Waals surface area contributed by atoms with Gasteiger partial charge in [0.05, 0.1) is 17.2 Å². The van der Waals surface area contributed by atoms with Gasteiger partial charge in [-0.25, -0.2) is 4.98 Å². The number of nitrogens with one attached hydrogen (secondary N) is 3. The fourth-order valence-corrected chi connectivity index (χ4v) is 2.22. The van der Waals surface area contributed by atoms with E-state index in [2.05, 4.69) is 25.5 Å². The Morgan fingerprint density at radius 3 is 3.05 bits per heavy atom. The SMILES string of the molecule is Cc1[nH]ncc1CCCNc1nc2ccc(N)cc2[nH]1. The molecule has 6 nitrogen and oxygen atoms in total. The molecule has 0 aliphatic rings. The second-order valence-electron chi connectivity index (χ2n) is 4.91. The second kappa shape index (κ2) is 5.24. The van der Waals surface area contributed by atoms with E-state index in [4.69, 9.17) is 5.73 Å². The molecule has 0 aliphatic carbocycles. The van der Waals surface area contributed by atoms with Crippen molar-refractivity contribution in [1.29, 1.82) is 0 Å². The van der Waals surface area contributed by atoms with Gasteiger partial charge in [-0.2, -0.15) is 5.10 Å². The smallest absolute Gasteiger partial charge is 0.201 e. The monoisotopic (exact) mass is 270 g/mol. The number of benzene rings is 1. The lowest BCUT2D eigenvalue weighted by Crippen LogP contribution is -2.04. The minimum absolute atomic E-state index is 0.739. The maximum atomic E-state index is 5.75. The van der Waals surface area contributed by atoms with Crippen molar-refractivity contribution in [2.24, 2.45) is 0 Å². The van der Waals surface area contributed by atoms with Crippen molar-refractivity contribution in [2.45, 2.75) is 19.8 Å². The number of rotatable bonds is 5. The van der Waals surface area contributed by atoms with Crippen molar-refractivity contribution < 1.29 is 0 Å². The average molecular weight is 270 g/mol. The summed E-state index contributed by atoms with van der Waals surface area (Å²) >= 11 is 0. The Kier molecular flexibility index (Phi) is 3.28. The number of fused-ring (bicyclic) bond motifs is 1. The van der Waals surface area contributed by atoms with Crippen LogP contribution in [-0.4, -0.2) is 26.7 Å². The number of nitrogens with two attached hydrogens (primary N) is 1. The van der Waals surface area contributed by atoms with Crippen LogP contribution < -0.4 is 11.1 Å². The highest BCUT2D eigenvalue weighted by molar-refractivity contribution is 5.80. The number of nitrogen functional groups attached to an aromatic ring is 1. The first-order valence-corrected chi connectivity index (χ1v) is 6.70. The molecule has 0 aliphatic heterocycles.